The second kappa shape index (κ2) is 4.06. The first-order valence-corrected chi connectivity index (χ1v) is 5.03. The summed E-state index contributed by atoms with van der Waals surface area (Å²) in [7, 11) is 0. The summed E-state index contributed by atoms with van der Waals surface area (Å²) in [4.78, 5) is 0. The second-order valence-electron chi connectivity index (χ2n) is 2.70. The first-order valence-electron chi connectivity index (χ1n) is 4.09. The molecule has 2 aromatic rings. The molecular formula is C9H8N4S. The molecule has 0 N–H and O–H groups in total. The third-order valence-corrected chi connectivity index (χ3v) is 2.26. The topological polar surface area (TPSA) is 51.6 Å². The standard InChI is InChI=1S/C9H8N4S/c1-7-10-12-9(13-11-7)3-2-8-4-5-14-6-8/h2-6H,1H3/b3-2+. The Balaban J connectivity index is 2.15. The molecule has 0 bridgehead atoms. The van der Waals surface area contributed by atoms with Crippen molar-refractivity contribution in [2.75, 3.05) is 0 Å². The molecular weight excluding hydrogens is 196 g/mol. The van der Waals surface area contributed by atoms with Gasteiger partial charge in [0.1, 0.15) is 0 Å². The summed E-state index contributed by atoms with van der Waals surface area (Å²) in [5, 5.41) is 19.4. The number of thiophene rings is 1. The van der Waals surface area contributed by atoms with Gasteiger partial charge >= 0.3 is 0 Å². The van der Waals surface area contributed by atoms with Crippen molar-refractivity contribution < 1.29 is 0 Å². The average molecular weight is 204 g/mol. The summed E-state index contributed by atoms with van der Waals surface area (Å²) in [6, 6.07) is 2.02. The van der Waals surface area contributed by atoms with Gasteiger partial charge in [0.15, 0.2) is 11.6 Å². The Morgan fingerprint density at radius 3 is 2.57 bits per heavy atom. The number of rotatable bonds is 2. The van der Waals surface area contributed by atoms with Crippen LogP contribution in [0.2, 0.25) is 0 Å². The van der Waals surface area contributed by atoms with E-state index in [0.717, 1.165) is 5.56 Å². The minimum absolute atomic E-state index is 0.529. The minimum Gasteiger partial charge on any atom is -0.152 e. The molecule has 0 atom stereocenters. The van der Waals surface area contributed by atoms with E-state index in [-0.39, 0.29) is 0 Å². The largest absolute Gasteiger partial charge is 0.196 e. The van der Waals surface area contributed by atoms with Crippen molar-refractivity contribution in [3.63, 3.8) is 0 Å². The van der Waals surface area contributed by atoms with Gasteiger partial charge in [0.05, 0.1) is 0 Å². The number of nitrogens with zero attached hydrogens (tertiary/aromatic N) is 4. The minimum atomic E-state index is 0.529. The number of aryl methyl sites for hydroxylation is 1. The first-order chi connectivity index (χ1) is 6.84. The molecule has 2 rings (SSSR count). The van der Waals surface area contributed by atoms with Crippen molar-refractivity contribution in [3.8, 4) is 0 Å². The van der Waals surface area contributed by atoms with Gasteiger partial charge in [0.2, 0.25) is 0 Å². The van der Waals surface area contributed by atoms with Crippen molar-refractivity contribution in [3.05, 3.63) is 34.0 Å². The molecule has 2 heterocycles. The van der Waals surface area contributed by atoms with Crippen LogP contribution in [-0.4, -0.2) is 20.4 Å². The van der Waals surface area contributed by atoms with E-state index < -0.39 is 0 Å². The maximum absolute atomic E-state index is 3.87. The Hall–Kier alpha value is -1.62. The third-order valence-electron chi connectivity index (χ3n) is 1.56. The molecule has 2 aromatic heterocycles. The van der Waals surface area contributed by atoms with Crippen molar-refractivity contribution in [1.29, 1.82) is 0 Å². The molecule has 0 saturated heterocycles. The zero-order valence-electron chi connectivity index (χ0n) is 7.58. The summed E-state index contributed by atoms with van der Waals surface area (Å²) in [5.41, 5.74) is 1.14. The van der Waals surface area contributed by atoms with Crippen LogP contribution in [0.3, 0.4) is 0 Å². The van der Waals surface area contributed by atoms with Gasteiger partial charge in [-0.25, -0.2) is 0 Å². The summed E-state index contributed by atoms with van der Waals surface area (Å²) in [5.74, 6) is 1.11. The Bertz CT molecular complexity index is 419. The zero-order chi connectivity index (χ0) is 9.80. The lowest BCUT2D eigenvalue weighted by Gasteiger charge is -1.89. The molecule has 0 aliphatic rings. The lowest BCUT2D eigenvalue weighted by Crippen LogP contribution is -1.97. The van der Waals surface area contributed by atoms with E-state index >= 15 is 0 Å². The molecule has 4 nitrogen and oxygen atoms in total. The predicted octanol–water partition coefficient (Wildman–Crippen LogP) is 1.81. The highest BCUT2D eigenvalue weighted by molar-refractivity contribution is 7.08. The molecule has 0 amide bonds. The van der Waals surface area contributed by atoms with Gasteiger partial charge in [0, 0.05) is 0 Å². The van der Waals surface area contributed by atoms with E-state index in [4.69, 9.17) is 0 Å². The molecule has 5 heteroatoms. The monoisotopic (exact) mass is 204 g/mol. The molecule has 0 radical (unpaired) electrons. The highest BCUT2D eigenvalue weighted by Crippen LogP contribution is 2.08. The average Bonchev–Trinajstić information content (AvgIpc) is 2.70. The Morgan fingerprint density at radius 1 is 1.14 bits per heavy atom. The van der Waals surface area contributed by atoms with Crippen LogP contribution < -0.4 is 0 Å². The Kier molecular flexibility index (Phi) is 2.60. The number of hydrogen-bond acceptors (Lipinski definition) is 5. The molecule has 0 fully saturated rings. The number of aromatic nitrogens is 4. The quantitative estimate of drug-likeness (QED) is 0.748. The van der Waals surface area contributed by atoms with Crippen LogP contribution in [-0.2, 0) is 0 Å². The Labute approximate surface area is 85.3 Å². The molecule has 0 aromatic carbocycles. The lowest BCUT2D eigenvalue weighted by atomic mass is 10.3. The van der Waals surface area contributed by atoms with Gasteiger partial charge in [-0.15, -0.1) is 20.4 Å². The van der Waals surface area contributed by atoms with Crippen molar-refractivity contribution in [1.82, 2.24) is 20.4 Å². The summed E-state index contributed by atoms with van der Waals surface area (Å²) in [6.07, 6.45) is 3.73. The van der Waals surface area contributed by atoms with E-state index in [2.05, 4.69) is 20.4 Å². The smallest absolute Gasteiger partial charge is 0.152 e. The van der Waals surface area contributed by atoms with Crippen LogP contribution >= 0.6 is 11.3 Å². The van der Waals surface area contributed by atoms with Crippen LogP contribution in [0.4, 0.5) is 0 Å². The fourth-order valence-electron chi connectivity index (χ4n) is 0.894. The van der Waals surface area contributed by atoms with Crippen molar-refractivity contribution >= 4 is 23.5 Å². The number of hydrogen-bond donors (Lipinski definition) is 0. The van der Waals surface area contributed by atoms with Crippen LogP contribution in [0.25, 0.3) is 12.2 Å². The predicted molar refractivity (Wildman–Crippen MR) is 55.6 cm³/mol. The van der Waals surface area contributed by atoms with E-state index in [1.165, 1.54) is 0 Å². The van der Waals surface area contributed by atoms with Gasteiger partial charge in [-0.2, -0.15) is 11.3 Å². The van der Waals surface area contributed by atoms with Gasteiger partial charge in [-0.3, -0.25) is 0 Å². The van der Waals surface area contributed by atoms with Gasteiger partial charge < -0.3 is 0 Å². The van der Waals surface area contributed by atoms with Crippen LogP contribution in [0.1, 0.15) is 17.2 Å². The Morgan fingerprint density at radius 2 is 1.93 bits per heavy atom. The van der Waals surface area contributed by atoms with Crippen molar-refractivity contribution in [2.45, 2.75) is 6.92 Å². The highest BCUT2D eigenvalue weighted by atomic mass is 32.1. The van der Waals surface area contributed by atoms with E-state index in [1.807, 2.05) is 22.9 Å². The van der Waals surface area contributed by atoms with Gasteiger partial charge in [-0.05, 0) is 35.4 Å². The third kappa shape index (κ3) is 2.20. The molecule has 0 unspecified atom stereocenters. The summed E-state index contributed by atoms with van der Waals surface area (Å²) >= 11 is 1.65. The zero-order valence-corrected chi connectivity index (χ0v) is 8.40. The molecule has 0 saturated carbocycles. The molecule has 70 valence electrons. The van der Waals surface area contributed by atoms with Crippen LogP contribution in [0, 0.1) is 6.92 Å². The molecule has 14 heavy (non-hydrogen) atoms. The molecule has 0 spiro atoms. The van der Waals surface area contributed by atoms with Crippen molar-refractivity contribution in [2.24, 2.45) is 0 Å². The second-order valence-corrected chi connectivity index (χ2v) is 3.48. The van der Waals surface area contributed by atoms with E-state index in [1.54, 1.807) is 24.3 Å². The highest BCUT2D eigenvalue weighted by Gasteiger charge is 1.92. The first kappa shape index (κ1) is 8.96. The van der Waals surface area contributed by atoms with Crippen LogP contribution in [0.15, 0.2) is 16.8 Å². The normalized spacial score (nSPS) is 10.9. The summed E-state index contributed by atoms with van der Waals surface area (Å²) < 4.78 is 0. The van der Waals surface area contributed by atoms with E-state index in [9.17, 15) is 0 Å². The van der Waals surface area contributed by atoms with E-state index in [0.29, 0.717) is 11.6 Å². The lowest BCUT2D eigenvalue weighted by molar-refractivity contribution is 0.795. The van der Waals surface area contributed by atoms with Gasteiger partial charge in [-0.1, -0.05) is 6.08 Å². The fourth-order valence-corrected chi connectivity index (χ4v) is 1.52. The molecule has 0 aliphatic carbocycles. The SMILES string of the molecule is Cc1nnc(/C=C/c2ccsc2)nn1. The molecule has 0 aliphatic heterocycles. The van der Waals surface area contributed by atoms with Gasteiger partial charge in [0.25, 0.3) is 0 Å². The fraction of sp³-hybridized carbons (Fsp3) is 0.111. The summed E-state index contributed by atoms with van der Waals surface area (Å²) in [6.45, 7) is 1.76. The van der Waals surface area contributed by atoms with Crippen LogP contribution in [0.5, 0.6) is 0 Å². The maximum Gasteiger partial charge on any atom is 0.196 e. The maximum atomic E-state index is 3.87.